The van der Waals surface area contributed by atoms with Crippen LogP contribution in [0.5, 0.6) is 0 Å². The molecule has 0 bridgehead atoms. The molecule has 0 aliphatic carbocycles. The van der Waals surface area contributed by atoms with E-state index < -0.39 is 0 Å². The second kappa shape index (κ2) is 7.20. The zero-order chi connectivity index (χ0) is 15.4. The zero-order valence-corrected chi connectivity index (χ0v) is 12.8. The lowest BCUT2D eigenvalue weighted by Crippen LogP contribution is -2.42. The number of nitrogens with zero attached hydrogens (tertiary/aromatic N) is 1. The molecule has 120 valence electrons. The first-order chi connectivity index (χ1) is 10.7. The van der Waals surface area contributed by atoms with Crippen LogP contribution in [0, 0.1) is 11.7 Å². The van der Waals surface area contributed by atoms with E-state index in [1.54, 1.807) is 6.07 Å². The summed E-state index contributed by atoms with van der Waals surface area (Å²) in [5, 5.41) is 3.33. The molecule has 2 atom stereocenters. The highest BCUT2D eigenvalue weighted by Crippen LogP contribution is 2.24. The number of halogens is 1. The van der Waals surface area contributed by atoms with Crippen LogP contribution in [0.4, 0.5) is 4.39 Å². The summed E-state index contributed by atoms with van der Waals surface area (Å²) in [4.78, 5) is 14.2. The van der Waals surface area contributed by atoms with Gasteiger partial charge in [0.15, 0.2) is 0 Å². The molecule has 3 rings (SSSR count). The minimum Gasteiger partial charge on any atom is -0.370 e. The molecule has 0 aromatic heterocycles. The molecular formula is C17H23FN2O2. The van der Waals surface area contributed by atoms with Gasteiger partial charge in [-0.15, -0.1) is 0 Å². The molecule has 1 aromatic carbocycles. The van der Waals surface area contributed by atoms with Crippen molar-refractivity contribution in [1.82, 2.24) is 10.2 Å². The summed E-state index contributed by atoms with van der Waals surface area (Å²) in [6.07, 6.45) is 2.50. The first-order valence-electron chi connectivity index (χ1n) is 8.08. The fourth-order valence-electron chi connectivity index (χ4n) is 3.23. The quantitative estimate of drug-likeness (QED) is 0.926. The van der Waals surface area contributed by atoms with Crippen molar-refractivity contribution in [2.24, 2.45) is 5.92 Å². The van der Waals surface area contributed by atoms with E-state index in [2.05, 4.69) is 5.32 Å². The maximum Gasteiger partial charge on any atom is 0.222 e. The third kappa shape index (κ3) is 3.84. The summed E-state index contributed by atoms with van der Waals surface area (Å²) in [5.74, 6) is 0.555. The van der Waals surface area contributed by atoms with Gasteiger partial charge in [0.1, 0.15) is 11.9 Å². The predicted molar refractivity (Wildman–Crippen MR) is 81.9 cm³/mol. The lowest BCUT2D eigenvalue weighted by Gasteiger charge is -2.33. The Morgan fingerprint density at radius 1 is 1.45 bits per heavy atom. The van der Waals surface area contributed by atoms with Crippen LogP contribution in [-0.4, -0.2) is 43.6 Å². The minimum atomic E-state index is -0.265. The summed E-state index contributed by atoms with van der Waals surface area (Å²) in [7, 11) is 0. The Hall–Kier alpha value is -1.46. The SMILES string of the molecule is O=C(CCC1CCNC1)N1CCOC(c2cccc(F)c2)C1. The summed E-state index contributed by atoms with van der Waals surface area (Å²) in [6, 6.07) is 6.45. The van der Waals surface area contributed by atoms with Gasteiger partial charge in [-0.25, -0.2) is 4.39 Å². The molecule has 2 saturated heterocycles. The highest BCUT2D eigenvalue weighted by Gasteiger charge is 2.26. The van der Waals surface area contributed by atoms with Gasteiger partial charge in [0, 0.05) is 13.0 Å². The number of amides is 1. The largest absolute Gasteiger partial charge is 0.370 e. The first-order valence-corrected chi connectivity index (χ1v) is 8.08. The normalized spacial score (nSPS) is 25.4. The Morgan fingerprint density at radius 3 is 3.14 bits per heavy atom. The highest BCUT2D eigenvalue weighted by atomic mass is 19.1. The molecule has 2 aliphatic rings. The molecule has 1 amide bonds. The number of nitrogens with one attached hydrogen (secondary N) is 1. The topological polar surface area (TPSA) is 41.6 Å². The number of carbonyl (C=O) groups excluding carboxylic acids is 1. The number of ether oxygens (including phenoxy) is 1. The molecule has 1 aromatic rings. The summed E-state index contributed by atoms with van der Waals surface area (Å²) in [5.41, 5.74) is 0.803. The number of hydrogen-bond donors (Lipinski definition) is 1. The van der Waals surface area contributed by atoms with Crippen LogP contribution in [0.2, 0.25) is 0 Å². The van der Waals surface area contributed by atoms with Crippen LogP contribution < -0.4 is 5.32 Å². The van der Waals surface area contributed by atoms with E-state index in [0.29, 0.717) is 32.0 Å². The van der Waals surface area contributed by atoms with Gasteiger partial charge in [-0.3, -0.25) is 4.79 Å². The molecule has 0 spiro atoms. The Balaban J connectivity index is 1.54. The molecular weight excluding hydrogens is 283 g/mol. The number of hydrogen-bond acceptors (Lipinski definition) is 3. The van der Waals surface area contributed by atoms with Crippen LogP contribution in [-0.2, 0) is 9.53 Å². The van der Waals surface area contributed by atoms with Gasteiger partial charge in [-0.05, 0) is 49.5 Å². The third-order valence-corrected chi connectivity index (χ3v) is 4.57. The molecule has 2 aliphatic heterocycles. The molecule has 5 heteroatoms. The first kappa shape index (κ1) is 15.4. The predicted octanol–water partition coefficient (Wildman–Crippen LogP) is 2.12. The van der Waals surface area contributed by atoms with Crippen LogP contribution >= 0.6 is 0 Å². The molecule has 0 radical (unpaired) electrons. The van der Waals surface area contributed by atoms with Crippen molar-refractivity contribution in [2.45, 2.75) is 25.4 Å². The van der Waals surface area contributed by atoms with Crippen molar-refractivity contribution >= 4 is 5.91 Å². The number of benzene rings is 1. The molecule has 2 unspecified atom stereocenters. The van der Waals surface area contributed by atoms with Crippen LogP contribution in [0.25, 0.3) is 0 Å². The Labute approximate surface area is 130 Å². The molecule has 0 saturated carbocycles. The molecule has 2 fully saturated rings. The van der Waals surface area contributed by atoms with Crippen LogP contribution in [0.3, 0.4) is 0 Å². The van der Waals surface area contributed by atoms with E-state index in [4.69, 9.17) is 4.74 Å². The maximum absolute atomic E-state index is 13.3. The Kier molecular flexibility index (Phi) is 5.05. The monoisotopic (exact) mass is 306 g/mol. The van der Waals surface area contributed by atoms with Crippen LogP contribution in [0.15, 0.2) is 24.3 Å². The van der Waals surface area contributed by atoms with E-state index in [-0.39, 0.29) is 17.8 Å². The fourth-order valence-corrected chi connectivity index (χ4v) is 3.23. The van der Waals surface area contributed by atoms with Gasteiger partial charge in [0.25, 0.3) is 0 Å². The molecule has 4 nitrogen and oxygen atoms in total. The fraction of sp³-hybridized carbons (Fsp3) is 0.588. The maximum atomic E-state index is 13.3. The van der Waals surface area contributed by atoms with Crippen molar-refractivity contribution in [2.75, 3.05) is 32.8 Å². The molecule has 1 N–H and O–H groups in total. The lowest BCUT2D eigenvalue weighted by atomic mass is 10.0. The molecule has 2 heterocycles. The van der Waals surface area contributed by atoms with Gasteiger partial charge in [0.05, 0.1) is 13.2 Å². The second-order valence-electron chi connectivity index (χ2n) is 6.15. The number of morpholine rings is 1. The van der Waals surface area contributed by atoms with E-state index in [1.807, 2.05) is 11.0 Å². The van der Waals surface area contributed by atoms with Crippen molar-refractivity contribution in [3.8, 4) is 0 Å². The van der Waals surface area contributed by atoms with Gasteiger partial charge < -0.3 is 15.0 Å². The third-order valence-electron chi connectivity index (χ3n) is 4.57. The van der Waals surface area contributed by atoms with Crippen LogP contribution in [0.1, 0.15) is 30.9 Å². The average molecular weight is 306 g/mol. The average Bonchev–Trinajstić information content (AvgIpc) is 3.06. The van der Waals surface area contributed by atoms with E-state index >= 15 is 0 Å². The van der Waals surface area contributed by atoms with Crippen molar-refractivity contribution in [3.05, 3.63) is 35.6 Å². The lowest BCUT2D eigenvalue weighted by molar-refractivity contribution is -0.139. The Morgan fingerprint density at radius 2 is 2.36 bits per heavy atom. The zero-order valence-electron chi connectivity index (χ0n) is 12.8. The second-order valence-corrected chi connectivity index (χ2v) is 6.15. The standard InChI is InChI=1S/C17H23FN2O2/c18-15-3-1-2-14(10-15)16-12-20(8-9-22-16)17(21)5-4-13-6-7-19-11-13/h1-3,10,13,16,19H,4-9,11-12H2. The van der Waals surface area contributed by atoms with E-state index in [0.717, 1.165) is 25.1 Å². The van der Waals surface area contributed by atoms with E-state index in [1.165, 1.54) is 18.6 Å². The molecule has 22 heavy (non-hydrogen) atoms. The Bertz CT molecular complexity index is 517. The minimum absolute atomic E-state index is 0.191. The summed E-state index contributed by atoms with van der Waals surface area (Å²) < 4.78 is 19.0. The highest BCUT2D eigenvalue weighted by molar-refractivity contribution is 5.76. The van der Waals surface area contributed by atoms with E-state index in [9.17, 15) is 9.18 Å². The van der Waals surface area contributed by atoms with Crippen molar-refractivity contribution in [1.29, 1.82) is 0 Å². The van der Waals surface area contributed by atoms with Gasteiger partial charge in [0.2, 0.25) is 5.91 Å². The van der Waals surface area contributed by atoms with Gasteiger partial charge >= 0.3 is 0 Å². The summed E-state index contributed by atoms with van der Waals surface area (Å²) >= 11 is 0. The smallest absolute Gasteiger partial charge is 0.222 e. The number of rotatable bonds is 4. The number of carbonyl (C=O) groups is 1. The van der Waals surface area contributed by atoms with Crippen molar-refractivity contribution in [3.63, 3.8) is 0 Å². The summed E-state index contributed by atoms with van der Waals surface area (Å²) in [6.45, 7) is 3.76. The van der Waals surface area contributed by atoms with Crippen molar-refractivity contribution < 1.29 is 13.9 Å². The van der Waals surface area contributed by atoms with Gasteiger partial charge in [-0.1, -0.05) is 12.1 Å². The van der Waals surface area contributed by atoms with Gasteiger partial charge in [-0.2, -0.15) is 0 Å².